The lowest BCUT2D eigenvalue weighted by Crippen LogP contribution is -2.30. The first-order valence-electron chi connectivity index (χ1n) is 8.30. The number of rotatable bonds is 4. The highest BCUT2D eigenvalue weighted by Crippen LogP contribution is 2.33. The van der Waals surface area contributed by atoms with Crippen molar-refractivity contribution >= 4 is 0 Å². The zero-order valence-electron chi connectivity index (χ0n) is 12.4. The molecule has 2 N–H and O–H groups in total. The number of nitrogens with one attached hydrogen (secondary N) is 1. The van der Waals surface area contributed by atoms with Crippen LogP contribution in [0.3, 0.4) is 0 Å². The van der Waals surface area contributed by atoms with Crippen LogP contribution in [0.2, 0.25) is 0 Å². The Morgan fingerprint density at radius 3 is 2.75 bits per heavy atom. The lowest BCUT2D eigenvalue weighted by Gasteiger charge is -2.24. The van der Waals surface area contributed by atoms with Gasteiger partial charge in [-0.1, -0.05) is 37.1 Å². The van der Waals surface area contributed by atoms with E-state index in [2.05, 4.69) is 29.6 Å². The number of hydrogen-bond donors (Lipinski definition) is 2. The van der Waals surface area contributed by atoms with E-state index in [0.717, 1.165) is 6.54 Å². The fourth-order valence-electron chi connectivity index (χ4n) is 4.05. The van der Waals surface area contributed by atoms with Crippen molar-refractivity contribution < 1.29 is 5.11 Å². The van der Waals surface area contributed by atoms with Crippen molar-refractivity contribution in [1.82, 2.24) is 5.32 Å². The summed E-state index contributed by atoms with van der Waals surface area (Å²) in [5.41, 5.74) is 3.05. The third kappa shape index (κ3) is 3.07. The number of aryl methyl sites for hydroxylation is 1. The molecule has 0 aromatic heterocycles. The number of hydrogen-bond acceptors (Lipinski definition) is 2. The molecule has 20 heavy (non-hydrogen) atoms. The Kier molecular flexibility index (Phi) is 4.74. The minimum absolute atomic E-state index is 0.369. The van der Waals surface area contributed by atoms with Gasteiger partial charge in [0.25, 0.3) is 0 Å². The minimum atomic E-state index is 0.369. The van der Waals surface area contributed by atoms with Crippen molar-refractivity contribution in [3.05, 3.63) is 35.4 Å². The fraction of sp³-hybridized carbons (Fsp3) is 0.667. The molecule has 1 fully saturated rings. The van der Waals surface area contributed by atoms with Crippen molar-refractivity contribution in [2.24, 2.45) is 11.8 Å². The molecule has 3 rings (SSSR count). The Morgan fingerprint density at radius 1 is 1.00 bits per heavy atom. The summed E-state index contributed by atoms with van der Waals surface area (Å²) in [6, 6.07) is 9.46. The van der Waals surface area contributed by atoms with Crippen molar-refractivity contribution in [3.63, 3.8) is 0 Å². The van der Waals surface area contributed by atoms with Crippen molar-refractivity contribution in [2.75, 3.05) is 13.2 Å². The Bertz CT molecular complexity index is 431. The maximum Gasteiger partial charge on any atom is 0.0462 e. The van der Waals surface area contributed by atoms with Gasteiger partial charge < -0.3 is 10.4 Å². The molecule has 2 aliphatic carbocycles. The molecule has 0 radical (unpaired) electrons. The Labute approximate surface area is 122 Å². The van der Waals surface area contributed by atoms with Crippen molar-refractivity contribution in [2.45, 2.75) is 51.0 Å². The SMILES string of the molecule is OCC1CCCC1CNC1CCCCc2ccccc21. The average molecular weight is 273 g/mol. The molecule has 1 aromatic rings. The van der Waals surface area contributed by atoms with E-state index in [1.54, 1.807) is 0 Å². The van der Waals surface area contributed by atoms with Gasteiger partial charge >= 0.3 is 0 Å². The smallest absolute Gasteiger partial charge is 0.0462 e. The van der Waals surface area contributed by atoms with Crippen LogP contribution < -0.4 is 5.32 Å². The monoisotopic (exact) mass is 273 g/mol. The third-order valence-electron chi connectivity index (χ3n) is 5.30. The van der Waals surface area contributed by atoms with Crippen molar-refractivity contribution in [1.29, 1.82) is 0 Å². The van der Waals surface area contributed by atoms with Gasteiger partial charge in [0, 0.05) is 12.6 Å². The fourth-order valence-corrected chi connectivity index (χ4v) is 4.05. The summed E-state index contributed by atoms with van der Waals surface area (Å²) < 4.78 is 0. The highest BCUT2D eigenvalue weighted by atomic mass is 16.3. The lowest BCUT2D eigenvalue weighted by atomic mass is 9.95. The molecular weight excluding hydrogens is 246 g/mol. The molecule has 3 unspecified atom stereocenters. The van der Waals surface area contributed by atoms with Gasteiger partial charge in [-0.3, -0.25) is 0 Å². The first-order valence-corrected chi connectivity index (χ1v) is 8.30. The molecule has 0 saturated heterocycles. The predicted octanol–water partition coefficient (Wildman–Crippen LogP) is 3.45. The largest absolute Gasteiger partial charge is 0.396 e. The van der Waals surface area contributed by atoms with Gasteiger partial charge in [0.05, 0.1) is 0 Å². The van der Waals surface area contributed by atoms with Gasteiger partial charge in [-0.25, -0.2) is 0 Å². The summed E-state index contributed by atoms with van der Waals surface area (Å²) in [6.07, 6.45) is 8.92. The molecule has 1 aromatic carbocycles. The average Bonchev–Trinajstić information content (AvgIpc) is 2.85. The van der Waals surface area contributed by atoms with Crippen LogP contribution in [0.15, 0.2) is 24.3 Å². The molecule has 0 heterocycles. The molecule has 1 saturated carbocycles. The molecule has 0 amide bonds. The van der Waals surface area contributed by atoms with E-state index in [1.165, 1.54) is 56.1 Å². The normalized spacial score (nSPS) is 29.9. The quantitative estimate of drug-likeness (QED) is 0.824. The van der Waals surface area contributed by atoms with Crippen LogP contribution >= 0.6 is 0 Å². The summed E-state index contributed by atoms with van der Waals surface area (Å²) in [4.78, 5) is 0. The Hall–Kier alpha value is -0.860. The zero-order chi connectivity index (χ0) is 13.8. The highest BCUT2D eigenvalue weighted by Gasteiger charge is 2.27. The van der Waals surface area contributed by atoms with Gasteiger partial charge in [0.1, 0.15) is 0 Å². The molecule has 0 aliphatic heterocycles. The van der Waals surface area contributed by atoms with E-state index in [-0.39, 0.29) is 0 Å². The summed E-state index contributed by atoms with van der Waals surface area (Å²) in [5, 5.41) is 13.3. The van der Waals surface area contributed by atoms with Crippen LogP contribution in [0.25, 0.3) is 0 Å². The third-order valence-corrected chi connectivity index (χ3v) is 5.30. The second kappa shape index (κ2) is 6.73. The molecule has 2 heteroatoms. The summed E-state index contributed by atoms with van der Waals surface area (Å²) >= 11 is 0. The van der Waals surface area contributed by atoms with Crippen LogP contribution in [0.1, 0.15) is 55.7 Å². The van der Waals surface area contributed by atoms with Gasteiger partial charge in [0.2, 0.25) is 0 Å². The Balaban J connectivity index is 1.65. The molecule has 2 nitrogen and oxygen atoms in total. The standard InChI is InChI=1S/C18H27NO/c20-13-16-9-5-8-15(16)12-19-18-11-4-2-7-14-6-1-3-10-17(14)18/h1,3,6,10,15-16,18-20H,2,4-5,7-9,11-13H2. The van der Waals surface area contributed by atoms with E-state index < -0.39 is 0 Å². The van der Waals surface area contributed by atoms with Crippen LogP contribution in [-0.4, -0.2) is 18.3 Å². The molecule has 0 spiro atoms. The van der Waals surface area contributed by atoms with E-state index >= 15 is 0 Å². The first-order chi connectivity index (χ1) is 9.88. The lowest BCUT2D eigenvalue weighted by molar-refractivity contribution is 0.190. The van der Waals surface area contributed by atoms with E-state index in [1.807, 2.05) is 0 Å². The molecule has 3 atom stereocenters. The summed E-state index contributed by atoms with van der Waals surface area (Å²) in [7, 11) is 0. The zero-order valence-corrected chi connectivity index (χ0v) is 12.4. The predicted molar refractivity (Wildman–Crippen MR) is 82.7 cm³/mol. The number of aliphatic hydroxyl groups excluding tert-OH is 1. The first kappa shape index (κ1) is 14.1. The number of benzene rings is 1. The number of aliphatic hydroxyl groups is 1. The second-order valence-electron chi connectivity index (χ2n) is 6.54. The van der Waals surface area contributed by atoms with Gasteiger partial charge in [0.15, 0.2) is 0 Å². The van der Waals surface area contributed by atoms with Crippen LogP contribution in [0, 0.1) is 11.8 Å². The van der Waals surface area contributed by atoms with Crippen LogP contribution in [0.5, 0.6) is 0 Å². The highest BCUT2D eigenvalue weighted by molar-refractivity contribution is 5.31. The summed E-state index contributed by atoms with van der Waals surface area (Å²) in [6.45, 7) is 1.44. The van der Waals surface area contributed by atoms with Crippen molar-refractivity contribution in [3.8, 4) is 0 Å². The molecule has 0 bridgehead atoms. The van der Waals surface area contributed by atoms with E-state index in [9.17, 15) is 5.11 Å². The van der Waals surface area contributed by atoms with E-state index in [0.29, 0.717) is 24.5 Å². The topological polar surface area (TPSA) is 32.3 Å². The molecule has 2 aliphatic rings. The van der Waals surface area contributed by atoms with E-state index in [4.69, 9.17) is 0 Å². The number of fused-ring (bicyclic) bond motifs is 1. The maximum absolute atomic E-state index is 9.45. The minimum Gasteiger partial charge on any atom is -0.396 e. The van der Waals surface area contributed by atoms with Crippen LogP contribution in [0.4, 0.5) is 0 Å². The maximum atomic E-state index is 9.45. The Morgan fingerprint density at radius 2 is 1.85 bits per heavy atom. The second-order valence-corrected chi connectivity index (χ2v) is 6.54. The summed E-state index contributed by atoms with van der Waals surface area (Å²) in [5.74, 6) is 1.21. The van der Waals surface area contributed by atoms with Gasteiger partial charge in [-0.05, 0) is 61.6 Å². The van der Waals surface area contributed by atoms with Gasteiger partial charge in [-0.15, -0.1) is 0 Å². The van der Waals surface area contributed by atoms with Crippen LogP contribution in [-0.2, 0) is 6.42 Å². The molecular formula is C18H27NO. The molecule has 110 valence electrons. The van der Waals surface area contributed by atoms with Gasteiger partial charge in [-0.2, -0.15) is 0 Å².